The summed E-state index contributed by atoms with van der Waals surface area (Å²) in [5, 5.41) is 8.92. The minimum Gasteiger partial charge on any atom is -0.338 e. The second-order valence-electron chi connectivity index (χ2n) is 10.1. The van der Waals surface area contributed by atoms with Crippen LogP contribution in [0.1, 0.15) is 80.3 Å². The van der Waals surface area contributed by atoms with E-state index in [0.29, 0.717) is 35.8 Å². The number of aromatic amines is 1. The molecule has 2 atom stereocenters. The summed E-state index contributed by atoms with van der Waals surface area (Å²) in [6.07, 6.45) is 11.1. The zero-order valence-corrected chi connectivity index (χ0v) is 19.1. The number of rotatable bonds is 4. The number of carbonyl (C=O) groups is 1. The molecule has 2 aliphatic carbocycles. The summed E-state index contributed by atoms with van der Waals surface area (Å²) >= 11 is 0. The molecule has 33 heavy (non-hydrogen) atoms. The lowest BCUT2D eigenvalue weighted by Gasteiger charge is -2.29. The lowest BCUT2D eigenvalue weighted by Crippen LogP contribution is -2.33. The highest BCUT2D eigenvalue weighted by atomic mass is 16.2. The molecule has 1 aromatic carbocycles. The van der Waals surface area contributed by atoms with Gasteiger partial charge in [-0.25, -0.2) is 0 Å². The van der Waals surface area contributed by atoms with Crippen molar-refractivity contribution < 1.29 is 4.79 Å². The average Bonchev–Trinajstić information content (AvgIpc) is 3.53. The molecule has 0 bridgehead atoms. The normalized spacial score (nSPS) is 23.4. The van der Waals surface area contributed by atoms with Crippen molar-refractivity contribution in [3.63, 3.8) is 0 Å². The van der Waals surface area contributed by atoms with Crippen molar-refractivity contribution in [1.29, 1.82) is 0 Å². The first-order valence-electron chi connectivity index (χ1n) is 12.4. The van der Waals surface area contributed by atoms with E-state index in [0.717, 1.165) is 41.6 Å². The number of anilines is 2. The largest absolute Gasteiger partial charge is 0.338 e. The van der Waals surface area contributed by atoms with Crippen LogP contribution in [0, 0.1) is 5.92 Å². The predicted octanol–water partition coefficient (Wildman–Crippen LogP) is 5.12. The van der Waals surface area contributed by atoms with Crippen molar-refractivity contribution in [2.45, 2.75) is 76.9 Å². The molecule has 3 aromatic rings. The van der Waals surface area contributed by atoms with Crippen molar-refractivity contribution in [1.82, 2.24) is 19.7 Å². The van der Waals surface area contributed by atoms with E-state index in [-0.39, 0.29) is 11.5 Å². The maximum atomic E-state index is 12.9. The van der Waals surface area contributed by atoms with Gasteiger partial charge in [0.1, 0.15) is 5.39 Å². The molecule has 2 saturated carbocycles. The molecule has 6 rings (SSSR count). The third-order valence-electron chi connectivity index (χ3n) is 7.98. The Hall–Kier alpha value is -3.09. The van der Waals surface area contributed by atoms with Gasteiger partial charge in [0.05, 0.1) is 11.6 Å². The number of pyridine rings is 1. The van der Waals surface area contributed by atoms with Gasteiger partial charge in [0.15, 0.2) is 5.82 Å². The smallest absolute Gasteiger partial charge is 0.261 e. The number of H-pyrrole nitrogens is 1. The quantitative estimate of drug-likeness (QED) is 0.584. The van der Waals surface area contributed by atoms with E-state index in [1.807, 2.05) is 29.2 Å². The fraction of sp³-hybridized carbons (Fsp3) is 0.500. The summed E-state index contributed by atoms with van der Waals surface area (Å²) in [5.41, 5.74) is 3.46. The van der Waals surface area contributed by atoms with Gasteiger partial charge in [-0.1, -0.05) is 32.6 Å². The Morgan fingerprint density at radius 2 is 1.82 bits per heavy atom. The molecule has 172 valence electrons. The number of hydrogen-bond donors (Lipinski definition) is 2. The summed E-state index contributed by atoms with van der Waals surface area (Å²) in [4.78, 5) is 30.6. The van der Waals surface area contributed by atoms with Gasteiger partial charge in [-0.3, -0.25) is 14.3 Å². The second-order valence-corrected chi connectivity index (χ2v) is 10.1. The number of carbonyl (C=O) groups excluding carboxylic acids is 1. The molecule has 7 nitrogen and oxygen atoms in total. The Bertz CT molecular complexity index is 1270. The maximum absolute atomic E-state index is 12.9. The Labute approximate surface area is 193 Å². The van der Waals surface area contributed by atoms with Gasteiger partial charge in [0.2, 0.25) is 0 Å². The topological polar surface area (TPSA) is 83.0 Å². The number of amides is 1. The van der Waals surface area contributed by atoms with E-state index in [2.05, 4.69) is 21.9 Å². The van der Waals surface area contributed by atoms with Crippen LogP contribution in [0.4, 0.5) is 11.5 Å². The van der Waals surface area contributed by atoms with Gasteiger partial charge in [-0.05, 0) is 61.4 Å². The van der Waals surface area contributed by atoms with Gasteiger partial charge < -0.3 is 15.2 Å². The van der Waals surface area contributed by atoms with E-state index in [9.17, 15) is 9.59 Å². The Balaban J connectivity index is 1.34. The lowest BCUT2D eigenvalue weighted by molar-refractivity contribution is 0.0707. The van der Waals surface area contributed by atoms with Gasteiger partial charge in [-0.15, -0.1) is 0 Å². The first-order chi connectivity index (χ1) is 16.1. The number of nitrogens with one attached hydrogen (secondary N) is 2. The molecular formula is C26H31N5O2. The van der Waals surface area contributed by atoms with Crippen LogP contribution in [0.25, 0.3) is 10.9 Å². The highest BCUT2D eigenvalue weighted by molar-refractivity contribution is 5.99. The summed E-state index contributed by atoms with van der Waals surface area (Å²) < 4.78 is 2.06. The van der Waals surface area contributed by atoms with Crippen molar-refractivity contribution in [2.24, 2.45) is 5.92 Å². The first kappa shape index (κ1) is 20.5. The Morgan fingerprint density at radius 3 is 2.64 bits per heavy atom. The highest BCUT2D eigenvalue weighted by Gasteiger charge is 2.34. The van der Waals surface area contributed by atoms with Crippen LogP contribution in [0.5, 0.6) is 0 Å². The fourth-order valence-corrected chi connectivity index (χ4v) is 6.17. The fourth-order valence-electron chi connectivity index (χ4n) is 6.17. The second kappa shape index (κ2) is 8.04. The molecule has 1 amide bonds. The average molecular weight is 446 g/mol. The number of benzene rings is 1. The van der Waals surface area contributed by atoms with Crippen LogP contribution in [-0.4, -0.2) is 31.6 Å². The first-order valence-corrected chi connectivity index (χ1v) is 12.4. The van der Waals surface area contributed by atoms with Crippen molar-refractivity contribution in [3.8, 4) is 0 Å². The molecule has 3 heterocycles. The molecular weight excluding hydrogens is 414 g/mol. The number of nitrogens with zero attached hydrogens (tertiary/aromatic N) is 3. The van der Waals surface area contributed by atoms with E-state index in [4.69, 9.17) is 5.10 Å². The number of hydrogen-bond acceptors (Lipinski definition) is 4. The summed E-state index contributed by atoms with van der Waals surface area (Å²) in [6, 6.07) is 8.53. The van der Waals surface area contributed by atoms with Crippen LogP contribution in [-0.2, 0) is 6.54 Å². The van der Waals surface area contributed by atoms with E-state index in [1.165, 1.54) is 32.1 Å². The van der Waals surface area contributed by atoms with Crippen molar-refractivity contribution in [2.75, 3.05) is 5.32 Å². The monoisotopic (exact) mass is 445 g/mol. The molecule has 2 fully saturated rings. The van der Waals surface area contributed by atoms with Gasteiger partial charge in [-0.2, -0.15) is 5.10 Å². The SMILES string of the molecule is C[C@H]1CCCC[C@@H]1n1nc(Nc2ccc3c(c2)CN(C2CCCC2)C3=O)c2c(=O)[nH]ccc21. The minimum absolute atomic E-state index is 0.131. The summed E-state index contributed by atoms with van der Waals surface area (Å²) in [6.45, 7) is 2.95. The lowest BCUT2D eigenvalue weighted by atomic mass is 9.86. The van der Waals surface area contributed by atoms with Gasteiger partial charge in [0.25, 0.3) is 11.5 Å². The Kier molecular flexibility index (Phi) is 5.00. The third kappa shape index (κ3) is 3.45. The minimum atomic E-state index is -0.131. The zero-order chi connectivity index (χ0) is 22.5. The Morgan fingerprint density at radius 1 is 1.03 bits per heavy atom. The highest BCUT2D eigenvalue weighted by Crippen LogP contribution is 2.37. The summed E-state index contributed by atoms with van der Waals surface area (Å²) in [5.74, 6) is 1.27. The van der Waals surface area contributed by atoms with E-state index >= 15 is 0 Å². The summed E-state index contributed by atoms with van der Waals surface area (Å²) in [7, 11) is 0. The van der Waals surface area contributed by atoms with Gasteiger partial charge >= 0.3 is 0 Å². The zero-order valence-electron chi connectivity index (χ0n) is 19.1. The molecule has 0 radical (unpaired) electrons. The van der Waals surface area contributed by atoms with Crippen LogP contribution >= 0.6 is 0 Å². The predicted molar refractivity (Wildman–Crippen MR) is 129 cm³/mol. The standard InChI is InChI=1S/C26H31N5O2/c1-16-6-2-5-9-21(16)31-22-12-13-27-25(32)23(22)24(29-31)28-18-10-11-20-17(14-18)15-30(26(20)33)19-7-3-4-8-19/h10-14,16,19,21H,2-9,15H2,1H3,(H,27,32)(H,28,29)/t16-,21-/m0/s1. The van der Waals surface area contributed by atoms with Crippen LogP contribution in [0.3, 0.4) is 0 Å². The third-order valence-corrected chi connectivity index (χ3v) is 7.98. The van der Waals surface area contributed by atoms with Crippen LogP contribution in [0.2, 0.25) is 0 Å². The molecule has 1 aliphatic heterocycles. The molecule has 0 saturated heterocycles. The van der Waals surface area contributed by atoms with Crippen LogP contribution < -0.4 is 10.9 Å². The number of fused-ring (bicyclic) bond motifs is 2. The molecule has 0 unspecified atom stereocenters. The van der Waals surface area contributed by atoms with E-state index < -0.39 is 0 Å². The van der Waals surface area contributed by atoms with Crippen molar-refractivity contribution >= 4 is 28.3 Å². The van der Waals surface area contributed by atoms with Crippen LogP contribution in [0.15, 0.2) is 35.3 Å². The molecule has 2 N–H and O–H groups in total. The number of aromatic nitrogens is 3. The molecule has 7 heteroatoms. The molecule has 3 aliphatic rings. The van der Waals surface area contributed by atoms with Crippen molar-refractivity contribution in [3.05, 3.63) is 51.9 Å². The maximum Gasteiger partial charge on any atom is 0.261 e. The molecule has 0 spiro atoms. The van der Waals surface area contributed by atoms with Gasteiger partial charge in [0, 0.05) is 30.0 Å². The molecule has 2 aromatic heterocycles. The van der Waals surface area contributed by atoms with E-state index in [1.54, 1.807) is 6.20 Å².